The highest BCUT2D eigenvalue weighted by molar-refractivity contribution is 7.80. The monoisotopic (exact) mass is 302 g/mol. The van der Waals surface area contributed by atoms with E-state index in [2.05, 4.69) is 5.32 Å². The lowest BCUT2D eigenvalue weighted by molar-refractivity contribution is -0.124. The Hall–Kier alpha value is -1.88. The maximum absolute atomic E-state index is 12.5. The number of allylic oxidation sites excluding steroid dienone is 2. The van der Waals surface area contributed by atoms with Crippen molar-refractivity contribution in [2.24, 2.45) is 0 Å². The zero-order chi connectivity index (χ0) is 14.7. The average molecular weight is 302 g/mol. The molecule has 2 fully saturated rings. The van der Waals surface area contributed by atoms with Crippen molar-refractivity contribution >= 4 is 29.3 Å². The van der Waals surface area contributed by atoms with E-state index in [9.17, 15) is 4.79 Å². The van der Waals surface area contributed by atoms with Gasteiger partial charge in [-0.2, -0.15) is 0 Å². The van der Waals surface area contributed by atoms with Crippen LogP contribution in [-0.4, -0.2) is 22.0 Å². The highest BCUT2D eigenvalue weighted by Crippen LogP contribution is 2.26. The molecule has 1 aliphatic heterocycles. The fraction of sp³-hybridized carbons (Fsp3) is 0.375. The van der Waals surface area contributed by atoms with Gasteiger partial charge in [0.15, 0.2) is 5.11 Å². The van der Waals surface area contributed by atoms with E-state index in [1.165, 1.54) is 19.3 Å². The van der Waals surface area contributed by atoms with Gasteiger partial charge in [-0.25, -0.2) is 0 Å². The molecule has 4 nitrogen and oxygen atoms in total. The molecule has 0 aromatic carbocycles. The highest BCUT2D eigenvalue weighted by Gasteiger charge is 2.36. The van der Waals surface area contributed by atoms with Crippen LogP contribution in [0.2, 0.25) is 0 Å². The summed E-state index contributed by atoms with van der Waals surface area (Å²) in [6, 6.07) is 3.94. The van der Waals surface area contributed by atoms with Crippen LogP contribution in [0.15, 0.2) is 40.7 Å². The second-order valence-electron chi connectivity index (χ2n) is 5.35. The third kappa shape index (κ3) is 3.08. The first-order valence-corrected chi connectivity index (χ1v) is 7.73. The van der Waals surface area contributed by atoms with Crippen molar-refractivity contribution in [3.05, 3.63) is 42.0 Å². The molecule has 21 heavy (non-hydrogen) atoms. The Morgan fingerprint density at radius 1 is 1.33 bits per heavy atom. The van der Waals surface area contributed by atoms with Gasteiger partial charge in [0.25, 0.3) is 5.91 Å². The smallest absolute Gasteiger partial charge is 0.276 e. The second-order valence-corrected chi connectivity index (χ2v) is 5.74. The second kappa shape index (κ2) is 6.26. The summed E-state index contributed by atoms with van der Waals surface area (Å²) < 4.78 is 5.20. The molecule has 2 aliphatic rings. The van der Waals surface area contributed by atoms with Crippen LogP contribution in [0.1, 0.15) is 37.9 Å². The molecule has 1 N–H and O–H groups in total. The first-order chi connectivity index (χ1) is 10.3. The van der Waals surface area contributed by atoms with Crippen LogP contribution in [0.25, 0.3) is 6.08 Å². The number of hydrogen-bond donors (Lipinski definition) is 1. The largest absolute Gasteiger partial charge is 0.465 e. The van der Waals surface area contributed by atoms with E-state index in [0.717, 1.165) is 18.6 Å². The van der Waals surface area contributed by atoms with Crippen LogP contribution in [-0.2, 0) is 4.79 Å². The van der Waals surface area contributed by atoms with Gasteiger partial charge in [-0.05, 0) is 49.3 Å². The molecule has 2 heterocycles. The van der Waals surface area contributed by atoms with Gasteiger partial charge < -0.3 is 9.73 Å². The van der Waals surface area contributed by atoms with Crippen LogP contribution < -0.4 is 5.32 Å². The van der Waals surface area contributed by atoms with E-state index in [1.807, 2.05) is 18.2 Å². The van der Waals surface area contributed by atoms with Crippen molar-refractivity contribution < 1.29 is 9.21 Å². The van der Waals surface area contributed by atoms with Crippen molar-refractivity contribution in [3.8, 4) is 0 Å². The number of furan rings is 1. The number of hydrogen-bond acceptors (Lipinski definition) is 3. The van der Waals surface area contributed by atoms with E-state index in [4.69, 9.17) is 16.6 Å². The number of nitrogens with one attached hydrogen (secondary N) is 1. The zero-order valence-corrected chi connectivity index (χ0v) is 12.6. The van der Waals surface area contributed by atoms with Gasteiger partial charge in [0.05, 0.1) is 6.26 Å². The highest BCUT2D eigenvalue weighted by atomic mass is 32.1. The lowest BCUT2D eigenvalue weighted by Crippen LogP contribution is -2.41. The minimum atomic E-state index is -0.0176. The zero-order valence-electron chi connectivity index (χ0n) is 11.7. The van der Waals surface area contributed by atoms with Gasteiger partial charge in [-0.3, -0.25) is 9.69 Å². The summed E-state index contributed by atoms with van der Waals surface area (Å²) in [6.45, 7) is 0. The maximum atomic E-state index is 12.5. The molecular weight excluding hydrogens is 284 g/mol. The van der Waals surface area contributed by atoms with E-state index < -0.39 is 0 Å². The number of thiocarbonyl (C=S) groups is 1. The molecule has 0 spiro atoms. The number of amides is 1. The van der Waals surface area contributed by atoms with Gasteiger partial charge in [0.1, 0.15) is 11.5 Å². The third-order valence-electron chi connectivity index (χ3n) is 3.92. The number of carbonyl (C=O) groups excluding carboxylic acids is 1. The van der Waals surface area contributed by atoms with Crippen LogP contribution in [0.5, 0.6) is 0 Å². The number of carbonyl (C=O) groups is 1. The lowest BCUT2D eigenvalue weighted by Gasteiger charge is -2.29. The maximum Gasteiger partial charge on any atom is 0.276 e. The molecule has 1 saturated carbocycles. The van der Waals surface area contributed by atoms with Gasteiger partial charge in [-0.15, -0.1) is 0 Å². The fourth-order valence-electron chi connectivity index (χ4n) is 2.86. The molecule has 0 unspecified atom stereocenters. The van der Waals surface area contributed by atoms with Crippen molar-refractivity contribution in [2.45, 2.75) is 38.1 Å². The molecule has 1 saturated heterocycles. The quantitative estimate of drug-likeness (QED) is 0.688. The van der Waals surface area contributed by atoms with Gasteiger partial charge in [0, 0.05) is 6.04 Å². The molecular formula is C16H18N2O2S. The SMILES string of the molecule is O=C1/C(=C/C=C/c2ccco2)NC(=S)N1C1CCCCC1. The molecule has 3 rings (SSSR count). The summed E-state index contributed by atoms with van der Waals surface area (Å²) in [4.78, 5) is 14.2. The molecule has 110 valence electrons. The van der Waals surface area contributed by atoms with Crippen molar-refractivity contribution in [2.75, 3.05) is 0 Å². The summed E-state index contributed by atoms with van der Waals surface area (Å²) in [5, 5.41) is 3.55. The van der Waals surface area contributed by atoms with Gasteiger partial charge in [0.2, 0.25) is 0 Å². The molecule has 1 aromatic heterocycles. The van der Waals surface area contributed by atoms with Crippen LogP contribution in [0, 0.1) is 0 Å². The van der Waals surface area contributed by atoms with E-state index in [-0.39, 0.29) is 11.9 Å². The third-order valence-corrected chi connectivity index (χ3v) is 4.21. The van der Waals surface area contributed by atoms with Crippen LogP contribution in [0.3, 0.4) is 0 Å². The molecule has 0 atom stereocenters. The Kier molecular flexibility index (Phi) is 4.20. The van der Waals surface area contributed by atoms with E-state index in [1.54, 1.807) is 23.3 Å². The fourth-order valence-corrected chi connectivity index (χ4v) is 3.20. The molecule has 1 amide bonds. The Labute approximate surface area is 129 Å². The normalized spacial score (nSPS) is 22.5. The minimum absolute atomic E-state index is 0.0176. The lowest BCUT2D eigenvalue weighted by atomic mass is 9.94. The summed E-state index contributed by atoms with van der Waals surface area (Å²) in [6.07, 6.45) is 12.7. The molecule has 5 heteroatoms. The first-order valence-electron chi connectivity index (χ1n) is 7.32. The predicted octanol–water partition coefficient (Wildman–Crippen LogP) is 3.23. The van der Waals surface area contributed by atoms with E-state index in [0.29, 0.717) is 10.8 Å². The predicted molar refractivity (Wildman–Crippen MR) is 85.3 cm³/mol. The van der Waals surface area contributed by atoms with Crippen molar-refractivity contribution in [1.82, 2.24) is 10.2 Å². The van der Waals surface area contributed by atoms with Gasteiger partial charge in [-0.1, -0.05) is 25.3 Å². The van der Waals surface area contributed by atoms with Crippen molar-refractivity contribution in [3.63, 3.8) is 0 Å². The summed E-state index contributed by atoms with van der Waals surface area (Å²) >= 11 is 5.32. The Bertz CT molecular complexity index is 583. The minimum Gasteiger partial charge on any atom is -0.465 e. The summed E-state index contributed by atoms with van der Waals surface area (Å²) in [7, 11) is 0. The summed E-state index contributed by atoms with van der Waals surface area (Å²) in [5.41, 5.74) is 0.536. The molecule has 1 aromatic rings. The standard InChI is InChI=1S/C16H18N2O2S/c19-15-14(10-4-8-13-9-5-11-20-13)17-16(21)18(15)12-6-2-1-3-7-12/h4-5,8-12H,1-3,6-7H2,(H,17,21)/b8-4+,14-10-. The number of nitrogens with zero attached hydrogens (tertiary/aromatic N) is 1. The van der Waals surface area contributed by atoms with Gasteiger partial charge >= 0.3 is 0 Å². The topological polar surface area (TPSA) is 45.5 Å². The Morgan fingerprint density at radius 3 is 2.86 bits per heavy atom. The van der Waals surface area contributed by atoms with Crippen LogP contribution >= 0.6 is 12.2 Å². The van der Waals surface area contributed by atoms with Crippen LogP contribution in [0.4, 0.5) is 0 Å². The number of rotatable bonds is 3. The molecule has 1 aliphatic carbocycles. The first kappa shape index (κ1) is 14.1. The molecule has 0 radical (unpaired) electrons. The van der Waals surface area contributed by atoms with Crippen molar-refractivity contribution in [1.29, 1.82) is 0 Å². The summed E-state index contributed by atoms with van der Waals surface area (Å²) in [5.74, 6) is 0.736. The Morgan fingerprint density at radius 2 is 2.14 bits per heavy atom. The Balaban J connectivity index is 1.70. The van der Waals surface area contributed by atoms with E-state index >= 15 is 0 Å². The average Bonchev–Trinajstić information content (AvgIpc) is 3.09. The molecule has 0 bridgehead atoms.